The van der Waals surface area contributed by atoms with Crippen molar-refractivity contribution in [2.24, 2.45) is 11.8 Å². The monoisotopic (exact) mass is 1550 g/mol. The quantitative estimate of drug-likeness (QED) is 0.101. The zero-order valence-corrected chi connectivity index (χ0v) is 67.8. The molecule has 574 valence electrons. The Bertz CT molecular complexity index is 6700. The molecule has 0 unspecified atom stereocenters. The van der Waals surface area contributed by atoms with Crippen LogP contribution in [0.1, 0.15) is 57.4 Å². The Hall–Kier alpha value is -14.1. The van der Waals surface area contributed by atoms with Crippen LogP contribution in [0, 0.1) is 11.8 Å². The van der Waals surface area contributed by atoms with E-state index in [4.69, 9.17) is 4.74 Å². The first-order valence-electron chi connectivity index (χ1n) is 43.4. The van der Waals surface area contributed by atoms with Gasteiger partial charge in [-0.25, -0.2) is 0 Å². The van der Waals surface area contributed by atoms with E-state index in [2.05, 4.69) is 428 Å². The van der Waals surface area contributed by atoms with Crippen molar-refractivity contribution in [3.8, 4) is 112 Å². The van der Waals surface area contributed by atoms with Gasteiger partial charge < -0.3 is 24.3 Å². The van der Waals surface area contributed by atoms with E-state index in [9.17, 15) is 0 Å². The zero-order chi connectivity index (χ0) is 79.9. The summed E-state index contributed by atoms with van der Waals surface area (Å²) in [4.78, 5) is 11.1. The lowest BCUT2D eigenvalue weighted by Crippen LogP contribution is -2.64. The minimum atomic E-state index is -0.283. The molecule has 4 fully saturated rings. The minimum absolute atomic E-state index is 0.155. The van der Waals surface area contributed by atoms with Gasteiger partial charge in [0.05, 0.1) is 17.1 Å². The molecule has 17 aromatic carbocycles. The fourth-order valence-electron chi connectivity index (χ4n) is 22.3. The number of rotatable bonds is 14. The smallest absolute Gasteiger partial charge is 0.256 e. The summed E-state index contributed by atoms with van der Waals surface area (Å²) < 4.78 is 8.18. The van der Waals surface area contributed by atoms with Crippen molar-refractivity contribution in [1.29, 1.82) is 0 Å². The lowest BCUT2D eigenvalue weighted by atomic mass is 9.30. The van der Waals surface area contributed by atoms with Gasteiger partial charge in [-0.1, -0.05) is 329 Å². The van der Waals surface area contributed by atoms with Crippen molar-refractivity contribution >= 4 is 103 Å². The average molecular weight is 1550 g/mol. The first-order valence-corrected chi connectivity index (χ1v) is 43.4. The Balaban J connectivity index is 0.827. The molecule has 0 amide bonds. The van der Waals surface area contributed by atoms with Crippen LogP contribution >= 0.6 is 0 Å². The van der Waals surface area contributed by atoms with E-state index in [0.29, 0.717) is 12.1 Å². The van der Waals surface area contributed by atoms with Crippen molar-refractivity contribution in [2.45, 2.75) is 64.0 Å². The summed E-state index contributed by atoms with van der Waals surface area (Å²) in [5.41, 5.74) is 40.8. The fourth-order valence-corrected chi connectivity index (χ4v) is 22.3. The molecule has 6 heterocycles. The molecule has 4 bridgehead atoms. The lowest BCUT2D eigenvalue weighted by Gasteiger charge is -2.58. The van der Waals surface area contributed by atoms with E-state index in [1.54, 1.807) is 0 Å². The zero-order valence-electron chi connectivity index (χ0n) is 67.8. The SMILES string of the molecule is CC(C)c1cc2c3c(c1)N(c1c(-c4ccccc4)cc(-c4ccccc4)cc1-c1ccccc1)c1ccccc1B3c1cc3c(cc1O2)N(c1c(-c2ccccc2)cc(-c2ccccc2)cc1-c1ccccc1)c1cc(N2C4CC5CC(C4)CC2C5)cc2c1B3c1ccccc1N2c1c(-c2ccccc2)cc(-c2ccccc2)cc1-c1ccccc1. The highest BCUT2D eigenvalue weighted by Gasteiger charge is 2.52. The van der Waals surface area contributed by atoms with E-state index in [1.807, 2.05) is 0 Å². The highest BCUT2D eigenvalue weighted by Crippen LogP contribution is 2.59. The van der Waals surface area contributed by atoms with E-state index >= 15 is 0 Å². The highest BCUT2D eigenvalue weighted by molar-refractivity contribution is 7.02. The molecule has 6 aliphatic heterocycles. The fraction of sp³-hybridized carbons (Fsp3) is 0.105. The maximum atomic E-state index is 8.18. The summed E-state index contributed by atoms with van der Waals surface area (Å²) in [5, 5.41) is 0. The van der Waals surface area contributed by atoms with Crippen molar-refractivity contribution in [3.05, 3.63) is 400 Å². The molecule has 8 aliphatic rings. The van der Waals surface area contributed by atoms with Crippen molar-refractivity contribution < 1.29 is 4.74 Å². The lowest BCUT2D eigenvalue weighted by molar-refractivity contribution is 0.0900. The molecule has 0 radical (unpaired) electrons. The van der Waals surface area contributed by atoms with Crippen LogP contribution in [-0.4, -0.2) is 25.5 Å². The van der Waals surface area contributed by atoms with Crippen LogP contribution in [0.25, 0.3) is 100 Å². The molecular weight excluding hydrogens is 1460 g/mol. The Kier molecular flexibility index (Phi) is 16.9. The Morgan fingerprint density at radius 2 is 0.554 bits per heavy atom. The molecule has 5 nitrogen and oxygen atoms in total. The molecule has 7 heteroatoms. The van der Waals surface area contributed by atoms with Gasteiger partial charge >= 0.3 is 0 Å². The first kappa shape index (κ1) is 71.0. The normalized spacial score (nSPS) is 16.6. The van der Waals surface area contributed by atoms with Crippen molar-refractivity contribution in [2.75, 3.05) is 19.6 Å². The largest absolute Gasteiger partial charge is 0.458 e. The third-order valence-corrected chi connectivity index (χ3v) is 27.5. The van der Waals surface area contributed by atoms with Gasteiger partial charge in [-0.3, -0.25) is 0 Å². The third-order valence-electron chi connectivity index (χ3n) is 27.5. The van der Waals surface area contributed by atoms with Gasteiger partial charge in [0, 0.05) is 91.3 Å². The highest BCUT2D eigenvalue weighted by atomic mass is 16.5. The topological polar surface area (TPSA) is 22.2 Å². The molecular formula is C114H86B2N4O. The molecule has 0 spiro atoms. The third kappa shape index (κ3) is 11.7. The average Bonchev–Trinajstić information content (AvgIpc) is 0.679. The number of fused-ring (bicyclic) bond motifs is 8. The number of piperidine rings is 2. The molecule has 0 atom stereocenters. The first-order chi connectivity index (χ1) is 59.8. The predicted octanol–water partition coefficient (Wildman–Crippen LogP) is 26.1. The number of nitrogens with zero attached hydrogens (tertiary/aromatic N) is 4. The van der Waals surface area contributed by atoms with Crippen LogP contribution in [-0.2, 0) is 0 Å². The van der Waals surface area contributed by atoms with Gasteiger partial charge in [-0.05, 0) is 228 Å². The number of hydrogen-bond acceptors (Lipinski definition) is 5. The number of anilines is 10. The summed E-state index contributed by atoms with van der Waals surface area (Å²) in [7, 11) is 0. The van der Waals surface area contributed by atoms with Crippen LogP contribution in [0.15, 0.2) is 394 Å². The van der Waals surface area contributed by atoms with Crippen LogP contribution in [0.4, 0.5) is 56.9 Å². The minimum Gasteiger partial charge on any atom is -0.458 e. The molecule has 17 aromatic rings. The van der Waals surface area contributed by atoms with Gasteiger partial charge in [0.15, 0.2) is 0 Å². The molecule has 2 saturated heterocycles. The van der Waals surface area contributed by atoms with Crippen LogP contribution in [0.5, 0.6) is 11.5 Å². The van der Waals surface area contributed by atoms with Crippen LogP contribution in [0.3, 0.4) is 0 Å². The molecule has 0 aromatic heterocycles. The van der Waals surface area contributed by atoms with Crippen molar-refractivity contribution in [3.63, 3.8) is 0 Å². The van der Waals surface area contributed by atoms with Crippen LogP contribution in [0.2, 0.25) is 0 Å². The summed E-state index contributed by atoms with van der Waals surface area (Å²) in [5.74, 6) is 3.38. The van der Waals surface area contributed by atoms with Gasteiger partial charge in [0.1, 0.15) is 11.5 Å². The molecule has 121 heavy (non-hydrogen) atoms. The Labute approximate surface area is 709 Å². The molecule has 2 saturated carbocycles. The summed E-state index contributed by atoms with van der Waals surface area (Å²) in [6.45, 7) is 4.13. The number of hydrogen-bond donors (Lipinski definition) is 0. The van der Waals surface area contributed by atoms with E-state index in [-0.39, 0.29) is 19.3 Å². The molecule has 0 N–H and O–H groups in total. The van der Waals surface area contributed by atoms with E-state index in [1.165, 1.54) is 93.3 Å². The van der Waals surface area contributed by atoms with Gasteiger partial charge in [-0.15, -0.1) is 0 Å². The Morgan fingerprint density at radius 3 is 0.901 bits per heavy atom. The number of benzene rings is 17. The Morgan fingerprint density at radius 1 is 0.248 bits per heavy atom. The van der Waals surface area contributed by atoms with Gasteiger partial charge in [-0.2, -0.15) is 0 Å². The standard InChI is InChI=1S/C114H86B2N4O/c1-73(2)85-67-105-111-109(68-85)121-108-72-104-100(71-101(108)116(111)99-53-31-33-55-103(99)118(105)112-92(79-40-18-6-19-41-79)61-86(76-34-12-3-13-35-76)62-93(112)80-42-20-7-21-43-80)115-98-52-30-32-54-102(98)119(113-94(81-44-22-8-23-45-81)63-87(77-36-14-4-15-37-77)64-95(113)82-46-24-9-25-47-82)106-69-91(117-89-57-74-56-75(59-89)60-90(117)58-74)70-107(110(106)115)120(104)114-96(83-48-26-10-27-49-83)65-88(78-38-16-5-17-39-78)66-97(114)84-50-28-11-29-51-84/h3-55,61-75,89-90H,56-60H2,1-2H3. The second kappa shape index (κ2) is 28.9. The van der Waals surface area contributed by atoms with E-state index < -0.39 is 0 Å². The summed E-state index contributed by atoms with van der Waals surface area (Å²) in [6, 6.07) is 150. The van der Waals surface area contributed by atoms with Gasteiger partial charge in [0.2, 0.25) is 0 Å². The number of para-hydroxylation sites is 2. The van der Waals surface area contributed by atoms with E-state index in [0.717, 1.165) is 158 Å². The van der Waals surface area contributed by atoms with Crippen molar-refractivity contribution in [1.82, 2.24) is 0 Å². The second-order valence-corrected chi connectivity index (χ2v) is 34.7. The predicted molar refractivity (Wildman–Crippen MR) is 509 cm³/mol. The molecule has 25 rings (SSSR count). The van der Waals surface area contributed by atoms with Crippen LogP contribution < -0.4 is 57.1 Å². The summed E-state index contributed by atoms with van der Waals surface area (Å²) in [6.07, 6.45) is 6.21. The summed E-state index contributed by atoms with van der Waals surface area (Å²) >= 11 is 0. The number of ether oxygens (including phenoxy) is 1. The second-order valence-electron chi connectivity index (χ2n) is 34.7. The maximum absolute atomic E-state index is 8.18. The molecule has 2 aliphatic carbocycles. The van der Waals surface area contributed by atoms with Gasteiger partial charge in [0.25, 0.3) is 13.4 Å². The maximum Gasteiger partial charge on any atom is 0.256 e.